The number of hydrogen-bond donors (Lipinski definition) is 2. The summed E-state index contributed by atoms with van der Waals surface area (Å²) in [5.41, 5.74) is 12.5. The van der Waals surface area contributed by atoms with Gasteiger partial charge >= 0.3 is 5.97 Å². The fraction of sp³-hybridized carbons (Fsp3) is 0.500. The Labute approximate surface area is 156 Å². The standard InChI is InChI=1S/C16H24N6O3S/c1-7-25-15(24)10-11(17)21(20-13(10)26-6)14(23)9-8(2)19-22(12(9)18)16(3,4)5/h7,17-18H2,1-6H3. The first-order valence-electron chi connectivity index (χ1n) is 8.04. The third kappa shape index (κ3) is 3.28. The van der Waals surface area contributed by atoms with Gasteiger partial charge in [0.1, 0.15) is 27.8 Å². The molecule has 0 bridgehead atoms. The molecular formula is C16H24N6O3S. The van der Waals surface area contributed by atoms with Crippen molar-refractivity contribution in [2.75, 3.05) is 24.3 Å². The number of nitrogen functional groups attached to an aromatic ring is 2. The molecule has 4 N–H and O–H groups in total. The molecule has 0 atom stereocenters. The highest BCUT2D eigenvalue weighted by atomic mass is 32.2. The van der Waals surface area contributed by atoms with Crippen molar-refractivity contribution in [3.8, 4) is 0 Å². The first-order chi connectivity index (χ1) is 12.0. The molecule has 9 nitrogen and oxygen atoms in total. The molecule has 142 valence electrons. The average molecular weight is 380 g/mol. The lowest BCUT2D eigenvalue weighted by molar-refractivity contribution is 0.0523. The Morgan fingerprint density at radius 1 is 1.15 bits per heavy atom. The normalized spacial score (nSPS) is 11.6. The third-order valence-electron chi connectivity index (χ3n) is 3.70. The molecule has 0 aromatic carbocycles. The van der Waals surface area contributed by atoms with E-state index in [9.17, 15) is 9.59 Å². The molecule has 2 aromatic heterocycles. The summed E-state index contributed by atoms with van der Waals surface area (Å²) in [5.74, 6) is -1.03. The number of anilines is 2. The Morgan fingerprint density at radius 2 is 1.77 bits per heavy atom. The molecule has 0 amide bonds. The van der Waals surface area contributed by atoms with Crippen LogP contribution in [0.15, 0.2) is 5.03 Å². The van der Waals surface area contributed by atoms with E-state index in [-0.39, 0.29) is 29.4 Å². The molecule has 0 saturated carbocycles. The summed E-state index contributed by atoms with van der Waals surface area (Å²) < 4.78 is 7.57. The highest BCUT2D eigenvalue weighted by molar-refractivity contribution is 7.98. The average Bonchev–Trinajstić information content (AvgIpc) is 3.03. The molecule has 2 rings (SSSR count). The first kappa shape index (κ1) is 19.8. The maximum absolute atomic E-state index is 13.0. The van der Waals surface area contributed by atoms with E-state index in [1.807, 2.05) is 20.8 Å². The van der Waals surface area contributed by atoms with Gasteiger partial charge in [-0.25, -0.2) is 9.48 Å². The lowest BCUT2D eigenvalue weighted by Crippen LogP contribution is -2.25. The third-order valence-corrected chi connectivity index (χ3v) is 4.37. The molecule has 0 spiro atoms. The van der Waals surface area contributed by atoms with Crippen molar-refractivity contribution in [3.05, 3.63) is 16.8 Å². The van der Waals surface area contributed by atoms with Crippen LogP contribution in [0.5, 0.6) is 0 Å². The van der Waals surface area contributed by atoms with E-state index in [0.29, 0.717) is 10.7 Å². The SMILES string of the molecule is CCOC(=O)c1c(SC)nn(C(=O)c2c(C)nn(C(C)(C)C)c2N)c1N. The summed E-state index contributed by atoms with van der Waals surface area (Å²) >= 11 is 1.20. The van der Waals surface area contributed by atoms with Gasteiger partial charge in [-0.15, -0.1) is 11.8 Å². The van der Waals surface area contributed by atoms with Gasteiger partial charge in [0, 0.05) is 0 Å². The quantitative estimate of drug-likeness (QED) is 0.607. The minimum Gasteiger partial charge on any atom is -0.462 e. The number of nitrogens with two attached hydrogens (primary N) is 2. The lowest BCUT2D eigenvalue weighted by Gasteiger charge is -2.20. The molecule has 0 aliphatic heterocycles. The van der Waals surface area contributed by atoms with Gasteiger partial charge in [0.25, 0.3) is 5.91 Å². The van der Waals surface area contributed by atoms with E-state index in [1.54, 1.807) is 24.8 Å². The van der Waals surface area contributed by atoms with Crippen LogP contribution in [0, 0.1) is 6.92 Å². The highest BCUT2D eigenvalue weighted by Gasteiger charge is 2.31. The van der Waals surface area contributed by atoms with Gasteiger partial charge in [-0.2, -0.15) is 14.9 Å². The molecule has 0 aliphatic carbocycles. The van der Waals surface area contributed by atoms with Crippen molar-refractivity contribution in [2.45, 2.75) is 45.2 Å². The Hall–Kier alpha value is -2.49. The van der Waals surface area contributed by atoms with Crippen LogP contribution in [-0.2, 0) is 10.3 Å². The zero-order valence-electron chi connectivity index (χ0n) is 15.8. The molecule has 0 fully saturated rings. The Morgan fingerprint density at radius 3 is 2.23 bits per heavy atom. The number of aromatic nitrogens is 4. The number of hydrogen-bond acceptors (Lipinski definition) is 8. The molecule has 10 heteroatoms. The molecular weight excluding hydrogens is 356 g/mol. The summed E-state index contributed by atoms with van der Waals surface area (Å²) in [4.78, 5) is 25.2. The number of rotatable bonds is 4. The zero-order valence-corrected chi connectivity index (χ0v) is 16.6. The molecule has 0 aliphatic rings. The van der Waals surface area contributed by atoms with Crippen LogP contribution in [0.3, 0.4) is 0 Å². The number of carbonyl (C=O) groups is 2. The van der Waals surface area contributed by atoms with Gasteiger partial charge in [-0.1, -0.05) is 0 Å². The first-order valence-corrected chi connectivity index (χ1v) is 9.26. The minimum atomic E-state index is -0.622. The second-order valence-corrected chi connectivity index (χ2v) is 7.43. The van der Waals surface area contributed by atoms with Crippen molar-refractivity contribution < 1.29 is 14.3 Å². The number of thioether (sulfide) groups is 1. The fourth-order valence-electron chi connectivity index (χ4n) is 2.53. The van der Waals surface area contributed by atoms with Crippen molar-refractivity contribution in [1.82, 2.24) is 19.6 Å². The number of ether oxygens (including phenoxy) is 1. The minimum absolute atomic E-state index is 0.0761. The van der Waals surface area contributed by atoms with Gasteiger partial charge in [0.2, 0.25) is 0 Å². The van der Waals surface area contributed by atoms with E-state index in [0.717, 1.165) is 4.68 Å². The van der Waals surface area contributed by atoms with Crippen LogP contribution in [0.2, 0.25) is 0 Å². The van der Waals surface area contributed by atoms with E-state index >= 15 is 0 Å². The van der Waals surface area contributed by atoms with Gasteiger partial charge in [0.05, 0.1) is 17.8 Å². The predicted octanol–water partition coefficient (Wildman–Crippen LogP) is 1.89. The molecule has 2 aromatic rings. The number of carbonyl (C=O) groups excluding carboxylic acids is 2. The maximum atomic E-state index is 13.0. The van der Waals surface area contributed by atoms with Crippen LogP contribution in [-0.4, -0.2) is 44.3 Å². The summed E-state index contributed by atoms with van der Waals surface area (Å²) in [5, 5.41) is 8.85. The fourth-order valence-corrected chi connectivity index (χ4v) is 3.09. The molecule has 2 heterocycles. The Kier molecular flexibility index (Phi) is 5.36. The number of esters is 1. The van der Waals surface area contributed by atoms with E-state index in [2.05, 4.69) is 10.2 Å². The van der Waals surface area contributed by atoms with Gasteiger partial charge < -0.3 is 16.2 Å². The van der Waals surface area contributed by atoms with E-state index in [4.69, 9.17) is 16.2 Å². The van der Waals surface area contributed by atoms with Crippen LogP contribution >= 0.6 is 11.8 Å². The van der Waals surface area contributed by atoms with Crippen molar-refractivity contribution in [2.24, 2.45) is 0 Å². The number of nitrogens with zero attached hydrogens (tertiary/aromatic N) is 4. The largest absolute Gasteiger partial charge is 0.462 e. The second kappa shape index (κ2) is 7.02. The zero-order chi connectivity index (χ0) is 19.8. The van der Waals surface area contributed by atoms with Crippen LogP contribution in [0.1, 0.15) is 54.1 Å². The van der Waals surface area contributed by atoms with E-state index < -0.39 is 17.4 Å². The van der Waals surface area contributed by atoms with Crippen molar-refractivity contribution in [3.63, 3.8) is 0 Å². The summed E-state index contributed by atoms with van der Waals surface area (Å²) in [6.45, 7) is 9.35. The summed E-state index contributed by atoms with van der Waals surface area (Å²) in [6, 6.07) is 0. The predicted molar refractivity (Wildman–Crippen MR) is 100 cm³/mol. The Bertz CT molecular complexity index is 862. The molecule has 0 saturated heterocycles. The molecule has 0 radical (unpaired) electrons. The molecule has 26 heavy (non-hydrogen) atoms. The van der Waals surface area contributed by atoms with Crippen LogP contribution in [0.25, 0.3) is 0 Å². The van der Waals surface area contributed by atoms with Gasteiger partial charge in [0.15, 0.2) is 0 Å². The van der Waals surface area contributed by atoms with Gasteiger partial charge in [-0.3, -0.25) is 4.79 Å². The maximum Gasteiger partial charge on any atom is 0.344 e. The topological polar surface area (TPSA) is 131 Å². The second-order valence-electron chi connectivity index (χ2n) is 6.64. The Balaban J connectivity index is 2.59. The lowest BCUT2D eigenvalue weighted by atomic mass is 10.1. The van der Waals surface area contributed by atoms with Crippen LogP contribution in [0.4, 0.5) is 11.6 Å². The monoisotopic (exact) mass is 380 g/mol. The summed E-state index contributed by atoms with van der Waals surface area (Å²) in [6.07, 6.45) is 1.73. The smallest absolute Gasteiger partial charge is 0.344 e. The molecule has 0 unspecified atom stereocenters. The van der Waals surface area contributed by atoms with Crippen LogP contribution < -0.4 is 11.5 Å². The van der Waals surface area contributed by atoms with Crippen molar-refractivity contribution in [1.29, 1.82) is 0 Å². The summed E-state index contributed by atoms with van der Waals surface area (Å²) in [7, 11) is 0. The van der Waals surface area contributed by atoms with Gasteiger partial charge in [-0.05, 0) is 40.9 Å². The van der Waals surface area contributed by atoms with E-state index in [1.165, 1.54) is 11.8 Å². The van der Waals surface area contributed by atoms with Crippen molar-refractivity contribution >= 4 is 35.3 Å². The highest BCUT2D eigenvalue weighted by Crippen LogP contribution is 2.29. The number of aryl methyl sites for hydroxylation is 1.